The Morgan fingerprint density at radius 3 is 2.75 bits per heavy atom. The van der Waals surface area contributed by atoms with E-state index in [-0.39, 0.29) is 5.78 Å². The molecular formula is C12H11NO3. The minimum absolute atomic E-state index is 0.366. The smallest absolute Gasteiger partial charge is 0.320 e. The van der Waals surface area contributed by atoms with E-state index in [1.54, 1.807) is 31.2 Å². The van der Waals surface area contributed by atoms with Crippen LogP contribution in [0.1, 0.15) is 23.7 Å². The molecule has 0 radical (unpaired) electrons. The van der Waals surface area contributed by atoms with E-state index in [0.717, 1.165) is 0 Å². The van der Waals surface area contributed by atoms with Crippen molar-refractivity contribution in [2.24, 2.45) is 10.9 Å². The molecule has 0 fully saturated rings. The third-order valence-electron chi connectivity index (χ3n) is 2.64. The Kier molecular flexibility index (Phi) is 2.56. The molecule has 4 nitrogen and oxygen atoms in total. The first kappa shape index (κ1) is 10.5. The summed E-state index contributed by atoms with van der Waals surface area (Å²) in [5, 5.41) is 9.03. The number of benzene rings is 1. The van der Waals surface area contributed by atoms with Crippen molar-refractivity contribution in [2.45, 2.75) is 13.3 Å². The molecule has 1 aliphatic rings. The molecule has 16 heavy (non-hydrogen) atoms. The highest BCUT2D eigenvalue weighted by atomic mass is 16.4. The number of carbonyl (C=O) groups is 2. The van der Waals surface area contributed by atoms with Crippen LogP contribution < -0.4 is 0 Å². The van der Waals surface area contributed by atoms with E-state index in [0.29, 0.717) is 23.4 Å². The van der Waals surface area contributed by atoms with Gasteiger partial charge in [0.05, 0.1) is 5.69 Å². The van der Waals surface area contributed by atoms with Crippen LogP contribution in [0.5, 0.6) is 0 Å². The summed E-state index contributed by atoms with van der Waals surface area (Å²) in [6.07, 6.45) is 0.469. The van der Waals surface area contributed by atoms with E-state index in [1.165, 1.54) is 0 Å². The van der Waals surface area contributed by atoms with Crippen molar-refractivity contribution in [1.82, 2.24) is 0 Å². The second-order valence-electron chi connectivity index (χ2n) is 3.61. The van der Waals surface area contributed by atoms with Crippen LogP contribution in [0.2, 0.25) is 0 Å². The zero-order chi connectivity index (χ0) is 11.7. The summed E-state index contributed by atoms with van der Waals surface area (Å²) in [6, 6.07) is 6.83. The van der Waals surface area contributed by atoms with Crippen LogP contribution in [0.15, 0.2) is 29.3 Å². The maximum Gasteiger partial charge on any atom is 0.320 e. The number of hydrogen-bond donors (Lipinski definition) is 1. The van der Waals surface area contributed by atoms with Gasteiger partial charge >= 0.3 is 5.97 Å². The van der Waals surface area contributed by atoms with E-state index in [1.807, 2.05) is 0 Å². The summed E-state index contributed by atoms with van der Waals surface area (Å²) in [5.74, 6) is -2.60. The van der Waals surface area contributed by atoms with E-state index in [9.17, 15) is 9.59 Å². The monoisotopic (exact) mass is 217 g/mol. The number of aliphatic imine (C=N–C) groups is 1. The maximum atomic E-state index is 12.0. The van der Waals surface area contributed by atoms with Crippen LogP contribution in [0.25, 0.3) is 0 Å². The van der Waals surface area contributed by atoms with E-state index in [2.05, 4.69) is 4.99 Å². The fourth-order valence-electron chi connectivity index (χ4n) is 1.84. The molecule has 1 N–H and O–H groups in total. The largest absolute Gasteiger partial charge is 0.480 e. The van der Waals surface area contributed by atoms with Crippen molar-refractivity contribution in [3.8, 4) is 0 Å². The first-order chi connectivity index (χ1) is 7.65. The van der Waals surface area contributed by atoms with Gasteiger partial charge in [0.2, 0.25) is 0 Å². The summed E-state index contributed by atoms with van der Waals surface area (Å²) >= 11 is 0. The Morgan fingerprint density at radius 1 is 1.44 bits per heavy atom. The van der Waals surface area contributed by atoms with Crippen LogP contribution in [-0.4, -0.2) is 22.6 Å². The van der Waals surface area contributed by atoms with Gasteiger partial charge in [0.1, 0.15) is 0 Å². The number of para-hydroxylation sites is 1. The summed E-state index contributed by atoms with van der Waals surface area (Å²) in [7, 11) is 0. The van der Waals surface area contributed by atoms with Gasteiger partial charge in [-0.1, -0.05) is 19.1 Å². The molecule has 0 saturated heterocycles. The zero-order valence-electron chi connectivity index (χ0n) is 8.80. The third-order valence-corrected chi connectivity index (χ3v) is 2.64. The fourth-order valence-corrected chi connectivity index (χ4v) is 1.84. The maximum absolute atomic E-state index is 12.0. The molecule has 0 saturated carbocycles. The predicted octanol–water partition coefficient (Wildman–Crippen LogP) is 2.07. The number of hydrogen-bond acceptors (Lipinski definition) is 3. The van der Waals surface area contributed by atoms with Gasteiger partial charge in [0, 0.05) is 11.3 Å². The Balaban J connectivity index is 2.58. The van der Waals surface area contributed by atoms with Crippen molar-refractivity contribution in [3.63, 3.8) is 0 Å². The number of Topliss-reactive ketones (excluding diaryl/α,β-unsaturated/α-hetero) is 1. The molecule has 2 rings (SSSR count). The van der Waals surface area contributed by atoms with Crippen LogP contribution in [-0.2, 0) is 4.79 Å². The van der Waals surface area contributed by atoms with Crippen molar-refractivity contribution in [2.75, 3.05) is 0 Å². The molecule has 1 aliphatic heterocycles. The van der Waals surface area contributed by atoms with Gasteiger partial charge in [0.25, 0.3) is 0 Å². The highest BCUT2D eigenvalue weighted by Gasteiger charge is 2.35. The minimum Gasteiger partial charge on any atom is -0.480 e. The van der Waals surface area contributed by atoms with Crippen molar-refractivity contribution < 1.29 is 14.7 Å². The fraction of sp³-hybridized carbons (Fsp3) is 0.250. The Bertz CT molecular complexity index is 491. The molecule has 82 valence electrons. The number of carboxylic acids is 1. The SMILES string of the molecule is CCC1=Nc2ccccc2C(=O)C1C(=O)O. The molecule has 1 aromatic carbocycles. The van der Waals surface area contributed by atoms with Gasteiger partial charge in [-0.25, -0.2) is 0 Å². The highest BCUT2D eigenvalue weighted by Crippen LogP contribution is 2.29. The van der Waals surface area contributed by atoms with E-state index in [4.69, 9.17) is 5.11 Å². The molecule has 4 heteroatoms. The summed E-state index contributed by atoms with van der Waals surface area (Å²) in [4.78, 5) is 27.2. The predicted molar refractivity (Wildman–Crippen MR) is 59.3 cm³/mol. The Morgan fingerprint density at radius 2 is 2.12 bits per heavy atom. The normalized spacial score (nSPS) is 18.9. The van der Waals surface area contributed by atoms with Gasteiger partial charge in [-0.15, -0.1) is 0 Å². The molecule has 1 atom stereocenters. The second-order valence-corrected chi connectivity index (χ2v) is 3.61. The number of carbonyl (C=O) groups excluding carboxylic acids is 1. The standard InChI is InChI=1S/C12H11NO3/c1-2-8-10(12(15)16)11(14)7-5-3-4-6-9(7)13-8/h3-6,10H,2H2,1H3,(H,15,16). The molecule has 0 bridgehead atoms. The van der Waals surface area contributed by atoms with Gasteiger partial charge in [0.15, 0.2) is 11.7 Å². The molecule has 0 amide bonds. The zero-order valence-corrected chi connectivity index (χ0v) is 8.80. The lowest BCUT2D eigenvalue weighted by Crippen LogP contribution is -2.33. The van der Waals surface area contributed by atoms with Crippen molar-refractivity contribution in [1.29, 1.82) is 0 Å². The van der Waals surface area contributed by atoms with Crippen LogP contribution in [0.4, 0.5) is 5.69 Å². The Labute approximate surface area is 92.6 Å². The van der Waals surface area contributed by atoms with E-state index < -0.39 is 11.9 Å². The average Bonchev–Trinajstić information content (AvgIpc) is 2.28. The van der Waals surface area contributed by atoms with Crippen LogP contribution in [0.3, 0.4) is 0 Å². The van der Waals surface area contributed by atoms with Crippen LogP contribution >= 0.6 is 0 Å². The summed E-state index contributed by atoms with van der Waals surface area (Å²) in [6.45, 7) is 1.80. The van der Waals surface area contributed by atoms with Crippen LogP contribution in [0, 0.1) is 5.92 Å². The molecule has 0 spiro atoms. The van der Waals surface area contributed by atoms with Gasteiger partial charge in [-0.05, 0) is 18.6 Å². The number of carboxylic acid groups (broad SMARTS) is 1. The lowest BCUT2D eigenvalue weighted by molar-refractivity contribution is -0.138. The molecule has 1 unspecified atom stereocenters. The second kappa shape index (κ2) is 3.89. The highest BCUT2D eigenvalue weighted by molar-refractivity contribution is 6.27. The molecule has 1 aromatic rings. The van der Waals surface area contributed by atoms with E-state index >= 15 is 0 Å². The quantitative estimate of drug-likeness (QED) is 0.771. The molecule has 0 aliphatic carbocycles. The third kappa shape index (κ3) is 1.52. The number of fused-ring (bicyclic) bond motifs is 1. The Hall–Kier alpha value is -1.97. The summed E-state index contributed by atoms with van der Waals surface area (Å²) in [5.41, 5.74) is 1.39. The number of ketones is 1. The molecule has 0 aromatic heterocycles. The number of rotatable bonds is 2. The number of nitrogens with zero attached hydrogens (tertiary/aromatic N) is 1. The lowest BCUT2D eigenvalue weighted by atomic mass is 9.88. The number of aliphatic carboxylic acids is 1. The van der Waals surface area contributed by atoms with Gasteiger partial charge in [-0.3, -0.25) is 14.6 Å². The minimum atomic E-state index is -1.12. The van der Waals surface area contributed by atoms with Crippen molar-refractivity contribution in [3.05, 3.63) is 29.8 Å². The van der Waals surface area contributed by atoms with Gasteiger partial charge < -0.3 is 5.11 Å². The lowest BCUT2D eigenvalue weighted by Gasteiger charge is -2.19. The molecule has 1 heterocycles. The van der Waals surface area contributed by atoms with Crippen molar-refractivity contribution >= 4 is 23.2 Å². The van der Waals surface area contributed by atoms with Gasteiger partial charge in [-0.2, -0.15) is 0 Å². The topological polar surface area (TPSA) is 66.7 Å². The summed E-state index contributed by atoms with van der Waals surface area (Å²) < 4.78 is 0. The average molecular weight is 217 g/mol. The molecular weight excluding hydrogens is 206 g/mol. The first-order valence-corrected chi connectivity index (χ1v) is 5.08. The first-order valence-electron chi connectivity index (χ1n) is 5.08.